The summed E-state index contributed by atoms with van der Waals surface area (Å²) in [6, 6.07) is 10.1. The molecule has 110 valence electrons. The molecule has 1 amide bonds. The van der Waals surface area contributed by atoms with Gasteiger partial charge in [-0.2, -0.15) is 0 Å². The van der Waals surface area contributed by atoms with E-state index in [2.05, 4.69) is 25.8 Å². The molecule has 3 rings (SSSR count). The van der Waals surface area contributed by atoms with Crippen molar-refractivity contribution in [3.8, 4) is 0 Å². The smallest absolute Gasteiger partial charge is 0.267 e. The maximum absolute atomic E-state index is 12.3. The minimum absolute atomic E-state index is 0.0124. The lowest BCUT2D eigenvalue weighted by Crippen LogP contribution is -2.27. The monoisotopic (exact) mass is 366 g/mol. The van der Waals surface area contributed by atoms with Crippen molar-refractivity contribution in [2.24, 2.45) is 0 Å². The Morgan fingerprint density at radius 1 is 1.33 bits per heavy atom. The third-order valence-corrected chi connectivity index (χ3v) is 4.29. The molecule has 5 heteroatoms. The molecule has 0 aliphatic heterocycles. The highest BCUT2D eigenvalue weighted by atomic mass is 79.9. The van der Waals surface area contributed by atoms with Crippen molar-refractivity contribution in [3.05, 3.63) is 57.3 Å². The molecule has 1 fully saturated rings. The first-order chi connectivity index (χ1) is 10.1. The second kappa shape index (κ2) is 6.24. The number of rotatable bonds is 5. The van der Waals surface area contributed by atoms with Crippen LogP contribution < -0.4 is 5.32 Å². The van der Waals surface area contributed by atoms with Crippen LogP contribution in [0.4, 0.5) is 0 Å². The molecular formula is C16H16BrClN2O. The summed E-state index contributed by atoms with van der Waals surface area (Å²) in [7, 11) is 0. The predicted molar refractivity (Wildman–Crippen MR) is 87.9 cm³/mol. The van der Waals surface area contributed by atoms with E-state index in [4.69, 9.17) is 11.6 Å². The maximum Gasteiger partial charge on any atom is 0.267 e. The van der Waals surface area contributed by atoms with Crippen molar-refractivity contribution in [1.29, 1.82) is 0 Å². The van der Waals surface area contributed by atoms with Crippen LogP contribution >= 0.6 is 27.5 Å². The quantitative estimate of drug-likeness (QED) is 0.844. The summed E-state index contributed by atoms with van der Waals surface area (Å²) in [5, 5.41) is 3.72. The van der Waals surface area contributed by atoms with Crippen molar-refractivity contribution in [1.82, 2.24) is 9.88 Å². The maximum atomic E-state index is 12.3. The first-order valence-electron chi connectivity index (χ1n) is 7.03. The fraction of sp³-hybridized carbons (Fsp3) is 0.312. The van der Waals surface area contributed by atoms with Crippen molar-refractivity contribution in [2.75, 3.05) is 6.54 Å². The van der Waals surface area contributed by atoms with Crippen LogP contribution in [0.1, 0.15) is 34.9 Å². The Morgan fingerprint density at radius 3 is 2.71 bits per heavy atom. The number of carbonyl (C=O) groups is 1. The number of nitrogens with one attached hydrogen (secondary N) is 1. The summed E-state index contributed by atoms with van der Waals surface area (Å²) in [4.78, 5) is 12.3. The summed E-state index contributed by atoms with van der Waals surface area (Å²) >= 11 is 9.30. The molecule has 0 unspecified atom stereocenters. The van der Waals surface area contributed by atoms with Crippen LogP contribution in [-0.2, 0) is 6.42 Å². The van der Waals surface area contributed by atoms with Crippen LogP contribution in [0.5, 0.6) is 0 Å². The molecular weight excluding hydrogens is 352 g/mol. The molecule has 21 heavy (non-hydrogen) atoms. The van der Waals surface area contributed by atoms with Crippen LogP contribution in [-0.4, -0.2) is 17.0 Å². The van der Waals surface area contributed by atoms with Crippen LogP contribution in [0.15, 0.2) is 41.0 Å². The lowest BCUT2D eigenvalue weighted by Gasteiger charge is -2.08. The van der Waals surface area contributed by atoms with Crippen molar-refractivity contribution in [3.63, 3.8) is 0 Å². The number of amides is 1. The largest absolute Gasteiger partial charge is 0.350 e. The zero-order valence-electron chi connectivity index (χ0n) is 11.5. The van der Waals surface area contributed by atoms with Gasteiger partial charge in [0.15, 0.2) is 0 Å². The van der Waals surface area contributed by atoms with Gasteiger partial charge in [-0.05, 0) is 59.0 Å². The number of benzene rings is 1. The normalized spacial score (nSPS) is 14.2. The number of hydrogen-bond acceptors (Lipinski definition) is 1. The number of aromatic nitrogens is 1. The topological polar surface area (TPSA) is 34.0 Å². The van der Waals surface area contributed by atoms with Gasteiger partial charge in [0.1, 0.15) is 5.69 Å². The van der Waals surface area contributed by atoms with E-state index in [-0.39, 0.29) is 5.91 Å². The molecule has 1 aromatic carbocycles. The van der Waals surface area contributed by atoms with E-state index in [1.165, 1.54) is 5.56 Å². The molecule has 1 N–H and O–H groups in total. The Kier molecular flexibility index (Phi) is 4.36. The summed E-state index contributed by atoms with van der Waals surface area (Å²) in [6.45, 7) is 0.619. The summed E-state index contributed by atoms with van der Waals surface area (Å²) in [6.07, 6.45) is 5.11. The number of carbonyl (C=O) groups excluding carboxylic acids is 1. The highest BCUT2D eigenvalue weighted by molar-refractivity contribution is 9.10. The van der Waals surface area contributed by atoms with E-state index >= 15 is 0 Å². The average Bonchev–Trinajstić information content (AvgIpc) is 3.23. The summed E-state index contributed by atoms with van der Waals surface area (Å²) < 4.78 is 3.03. The van der Waals surface area contributed by atoms with Crippen LogP contribution in [0.25, 0.3) is 0 Å². The van der Waals surface area contributed by atoms with Crippen molar-refractivity contribution >= 4 is 33.4 Å². The number of nitrogens with zero attached hydrogens (tertiary/aromatic N) is 1. The molecule has 1 aliphatic carbocycles. The minimum atomic E-state index is -0.0124. The van der Waals surface area contributed by atoms with Crippen molar-refractivity contribution < 1.29 is 4.79 Å². The van der Waals surface area contributed by atoms with Gasteiger partial charge in [0, 0.05) is 28.3 Å². The molecule has 0 bridgehead atoms. The Labute approximate surface area is 137 Å². The molecule has 0 atom stereocenters. The molecule has 2 aromatic rings. The van der Waals surface area contributed by atoms with Gasteiger partial charge in [-0.15, -0.1) is 0 Å². The number of hydrogen-bond donors (Lipinski definition) is 1. The molecule has 3 nitrogen and oxygen atoms in total. The highest BCUT2D eigenvalue weighted by Gasteiger charge is 2.27. The van der Waals surface area contributed by atoms with Gasteiger partial charge < -0.3 is 9.88 Å². The Balaban J connectivity index is 1.58. The molecule has 1 aromatic heterocycles. The van der Waals surface area contributed by atoms with Gasteiger partial charge in [-0.1, -0.05) is 23.7 Å². The lowest BCUT2D eigenvalue weighted by atomic mass is 10.1. The standard InChI is InChI=1S/C16H16BrClN2O/c17-12-9-15(20(10-12)14-5-6-14)16(21)19-8-7-11-1-3-13(18)4-2-11/h1-4,9-10,14H,5-8H2,(H,19,21). The third kappa shape index (κ3) is 3.69. The summed E-state index contributed by atoms with van der Waals surface area (Å²) in [5.74, 6) is -0.0124. The molecule has 1 aliphatic rings. The third-order valence-electron chi connectivity index (χ3n) is 3.60. The van der Waals surface area contributed by atoms with Gasteiger partial charge in [-0.3, -0.25) is 4.79 Å². The lowest BCUT2D eigenvalue weighted by molar-refractivity contribution is 0.0944. The van der Waals surface area contributed by atoms with E-state index in [0.29, 0.717) is 12.6 Å². The average molecular weight is 368 g/mol. The van der Waals surface area contributed by atoms with Crippen LogP contribution in [0.2, 0.25) is 5.02 Å². The zero-order chi connectivity index (χ0) is 14.8. The van der Waals surface area contributed by atoms with Gasteiger partial charge in [0.05, 0.1) is 0 Å². The Bertz CT molecular complexity index is 647. The second-order valence-corrected chi connectivity index (χ2v) is 6.67. The molecule has 0 saturated heterocycles. The molecule has 0 spiro atoms. The zero-order valence-corrected chi connectivity index (χ0v) is 13.8. The first-order valence-corrected chi connectivity index (χ1v) is 8.20. The molecule has 0 radical (unpaired) electrons. The van der Waals surface area contributed by atoms with Gasteiger partial charge in [0.2, 0.25) is 0 Å². The second-order valence-electron chi connectivity index (χ2n) is 5.31. The van der Waals surface area contributed by atoms with Gasteiger partial charge in [0.25, 0.3) is 5.91 Å². The SMILES string of the molecule is O=C(NCCc1ccc(Cl)cc1)c1cc(Br)cn1C1CC1. The van der Waals surface area contributed by atoms with E-state index < -0.39 is 0 Å². The summed E-state index contributed by atoms with van der Waals surface area (Å²) in [5.41, 5.74) is 1.90. The molecule has 1 saturated carbocycles. The molecule has 1 heterocycles. The minimum Gasteiger partial charge on any atom is -0.350 e. The van der Waals surface area contributed by atoms with E-state index in [0.717, 1.165) is 34.5 Å². The fourth-order valence-corrected chi connectivity index (χ4v) is 2.91. The van der Waals surface area contributed by atoms with E-state index in [1.807, 2.05) is 36.5 Å². The van der Waals surface area contributed by atoms with E-state index in [9.17, 15) is 4.79 Å². The van der Waals surface area contributed by atoms with Gasteiger partial charge in [-0.25, -0.2) is 0 Å². The Morgan fingerprint density at radius 2 is 2.05 bits per heavy atom. The number of halogens is 2. The van der Waals surface area contributed by atoms with E-state index in [1.54, 1.807) is 0 Å². The van der Waals surface area contributed by atoms with Gasteiger partial charge >= 0.3 is 0 Å². The highest BCUT2D eigenvalue weighted by Crippen LogP contribution is 2.37. The first kappa shape index (κ1) is 14.7. The Hall–Kier alpha value is -1.26. The van der Waals surface area contributed by atoms with Crippen molar-refractivity contribution in [2.45, 2.75) is 25.3 Å². The fourth-order valence-electron chi connectivity index (χ4n) is 2.34. The van der Waals surface area contributed by atoms with Crippen LogP contribution in [0, 0.1) is 0 Å². The predicted octanol–water partition coefficient (Wildman–Crippen LogP) is 4.21. The van der Waals surface area contributed by atoms with Crippen LogP contribution in [0.3, 0.4) is 0 Å².